The van der Waals surface area contributed by atoms with Crippen LogP contribution >= 0.6 is 0 Å². The van der Waals surface area contributed by atoms with Crippen LogP contribution in [0, 0.1) is 0 Å². The number of hydrogen-bond acceptors (Lipinski definition) is 3. The summed E-state index contributed by atoms with van der Waals surface area (Å²) in [4.78, 5) is 11.9. The topological polar surface area (TPSA) is 42.9 Å². The molecule has 1 aliphatic carbocycles. The molecule has 0 atom stereocenters. The quantitative estimate of drug-likeness (QED) is 0.690. The minimum Gasteiger partial charge on any atom is -0.300 e. The minimum atomic E-state index is 0.431. The second kappa shape index (κ2) is 8.72. The highest BCUT2D eigenvalue weighted by atomic mass is 16.1. The summed E-state index contributed by atoms with van der Waals surface area (Å²) in [6, 6.07) is 10.8. The Kier molecular flexibility index (Phi) is 6.11. The van der Waals surface area contributed by atoms with Gasteiger partial charge in [0.2, 0.25) is 0 Å². The molecule has 3 heteroatoms. The number of benzene rings is 1. The van der Waals surface area contributed by atoms with Crippen LogP contribution in [0.15, 0.2) is 36.5 Å². The van der Waals surface area contributed by atoms with Crippen molar-refractivity contribution in [2.45, 2.75) is 64.2 Å². The van der Waals surface area contributed by atoms with E-state index in [1.54, 1.807) is 6.20 Å². The smallest absolute Gasteiger partial charge is 0.132 e. The number of rotatable bonds is 0. The number of fused-ring (bicyclic) bond motifs is 4. The lowest BCUT2D eigenvalue weighted by Crippen LogP contribution is -2.00. The summed E-state index contributed by atoms with van der Waals surface area (Å²) < 4.78 is 0. The van der Waals surface area contributed by atoms with Crippen molar-refractivity contribution in [3.05, 3.63) is 47.7 Å². The molecule has 0 unspecified atom stereocenters. The first-order chi connectivity index (χ1) is 11.8. The Labute approximate surface area is 144 Å². The number of carbonyl (C=O) groups excluding carboxylic acids is 1. The van der Waals surface area contributed by atoms with Crippen molar-refractivity contribution in [2.75, 3.05) is 0 Å². The Morgan fingerprint density at radius 3 is 2.42 bits per heavy atom. The SMILES string of the molecule is O=C1CCCCCCc2cccc(c2)-c2nnccc2CCCC1. The van der Waals surface area contributed by atoms with E-state index in [0.29, 0.717) is 5.78 Å². The van der Waals surface area contributed by atoms with Gasteiger partial charge in [-0.15, -0.1) is 0 Å². The van der Waals surface area contributed by atoms with Gasteiger partial charge >= 0.3 is 0 Å². The van der Waals surface area contributed by atoms with Crippen LogP contribution < -0.4 is 0 Å². The van der Waals surface area contributed by atoms with Crippen molar-refractivity contribution in [3.63, 3.8) is 0 Å². The molecule has 0 N–H and O–H groups in total. The number of hydrogen-bond donors (Lipinski definition) is 0. The van der Waals surface area contributed by atoms with E-state index in [1.807, 2.05) is 0 Å². The molecule has 0 amide bonds. The van der Waals surface area contributed by atoms with Gasteiger partial charge in [-0.3, -0.25) is 4.79 Å². The molecule has 24 heavy (non-hydrogen) atoms. The Bertz CT molecular complexity index is 681. The first-order valence-electron chi connectivity index (χ1n) is 9.24. The van der Waals surface area contributed by atoms with Gasteiger partial charge in [0.1, 0.15) is 5.78 Å². The van der Waals surface area contributed by atoms with Crippen molar-refractivity contribution in [1.82, 2.24) is 10.2 Å². The Morgan fingerprint density at radius 2 is 1.54 bits per heavy atom. The van der Waals surface area contributed by atoms with E-state index >= 15 is 0 Å². The van der Waals surface area contributed by atoms with Crippen molar-refractivity contribution < 1.29 is 4.79 Å². The molecular weight excluding hydrogens is 296 g/mol. The number of ketones is 1. The van der Waals surface area contributed by atoms with Crippen LogP contribution in [0.25, 0.3) is 11.3 Å². The van der Waals surface area contributed by atoms with Gasteiger partial charge in [0.25, 0.3) is 0 Å². The van der Waals surface area contributed by atoms with Gasteiger partial charge < -0.3 is 0 Å². The number of aryl methyl sites for hydroxylation is 2. The summed E-state index contributed by atoms with van der Waals surface area (Å²) in [5.41, 5.74) is 4.77. The van der Waals surface area contributed by atoms with Crippen molar-refractivity contribution in [2.24, 2.45) is 0 Å². The van der Waals surface area contributed by atoms with Gasteiger partial charge in [0.05, 0.1) is 5.69 Å². The predicted molar refractivity (Wildman–Crippen MR) is 96.8 cm³/mol. The first kappa shape index (κ1) is 16.8. The maximum atomic E-state index is 11.9. The molecule has 0 fully saturated rings. The van der Waals surface area contributed by atoms with Crippen LogP contribution in [-0.4, -0.2) is 16.0 Å². The lowest BCUT2D eigenvalue weighted by molar-refractivity contribution is -0.119. The first-order valence-corrected chi connectivity index (χ1v) is 9.24. The number of carbonyl (C=O) groups is 1. The van der Waals surface area contributed by atoms with Crippen molar-refractivity contribution in [1.29, 1.82) is 0 Å². The zero-order valence-electron chi connectivity index (χ0n) is 14.3. The lowest BCUT2D eigenvalue weighted by Gasteiger charge is -2.10. The van der Waals surface area contributed by atoms with E-state index in [4.69, 9.17) is 0 Å². The molecule has 3 rings (SSSR count). The molecule has 2 aromatic rings. The molecule has 126 valence electrons. The maximum absolute atomic E-state index is 11.9. The van der Waals surface area contributed by atoms with Crippen LogP contribution in [0.2, 0.25) is 0 Å². The molecule has 1 heterocycles. The zero-order valence-corrected chi connectivity index (χ0v) is 14.3. The zero-order chi connectivity index (χ0) is 16.6. The Balaban J connectivity index is 1.82. The molecule has 0 saturated heterocycles. The highest BCUT2D eigenvalue weighted by Crippen LogP contribution is 2.24. The molecule has 1 aromatic carbocycles. The van der Waals surface area contributed by atoms with E-state index in [-0.39, 0.29) is 0 Å². The van der Waals surface area contributed by atoms with E-state index < -0.39 is 0 Å². The summed E-state index contributed by atoms with van der Waals surface area (Å²) in [5, 5.41) is 8.48. The largest absolute Gasteiger partial charge is 0.300 e. The minimum absolute atomic E-state index is 0.431. The van der Waals surface area contributed by atoms with Crippen LogP contribution in [-0.2, 0) is 17.6 Å². The fourth-order valence-corrected chi connectivity index (χ4v) is 3.44. The second-order valence-corrected chi connectivity index (χ2v) is 6.77. The average Bonchev–Trinajstić information content (AvgIpc) is 2.61. The third kappa shape index (κ3) is 4.73. The van der Waals surface area contributed by atoms with Gasteiger partial charge in [0.15, 0.2) is 0 Å². The Morgan fingerprint density at radius 1 is 0.792 bits per heavy atom. The van der Waals surface area contributed by atoms with Gasteiger partial charge in [-0.05, 0) is 61.8 Å². The van der Waals surface area contributed by atoms with E-state index in [1.165, 1.54) is 36.0 Å². The van der Waals surface area contributed by atoms with E-state index in [2.05, 4.69) is 40.5 Å². The third-order valence-corrected chi connectivity index (χ3v) is 4.83. The van der Waals surface area contributed by atoms with Crippen LogP contribution in [0.1, 0.15) is 62.5 Å². The summed E-state index contributed by atoms with van der Waals surface area (Å²) in [6.45, 7) is 0. The summed E-state index contributed by atoms with van der Waals surface area (Å²) in [5.74, 6) is 0.431. The monoisotopic (exact) mass is 322 g/mol. The Hall–Kier alpha value is -2.03. The fraction of sp³-hybridized carbons (Fsp3) is 0.476. The van der Waals surface area contributed by atoms with Gasteiger partial charge in [-0.25, -0.2) is 0 Å². The summed E-state index contributed by atoms with van der Waals surface area (Å²) in [6.07, 6.45) is 11.9. The number of nitrogens with zero attached hydrogens (tertiary/aromatic N) is 2. The number of aromatic nitrogens is 2. The molecule has 0 radical (unpaired) electrons. The molecule has 1 aromatic heterocycles. The molecule has 0 spiro atoms. The van der Waals surface area contributed by atoms with Gasteiger partial charge in [-0.1, -0.05) is 31.0 Å². The standard InChI is InChI=1S/C21H26N2O/c24-20-12-4-2-1-3-8-17-9-7-11-19(16-17)21-18(10-5-6-13-20)14-15-22-23-21/h7,9,11,14-16H,1-6,8,10,12-13H2. The maximum Gasteiger partial charge on any atom is 0.132 e. The molecule has 1 aliphatic rings. The second-order valence-electron chi connectivity index (χ2n) is 6.77. The van der Waals surface area contributed by atoms with Gasteiger partial charge in [0, 0.05) is 24.6 Å². The predicted octanol–water partition coefficient (Wildman–Crippen LogP) is 4.93. The van der Waals surface area contributed by atoms with E-state index in [9.17, 15) is 4.79 Å². The normalized spacial score (nSPS) is 17.2. The van der Waals surface area contributed by atoms with E-state index in [0.717, 1.165) is 50.6 Å². The highest BCUT2D eigenvalue weighted by molar-refractivity contribution is 5.78. The third-order valence-electron chi connectivity index (χ3n) is 4.83. The van der Waals surface area contributed by atoms with Crippen LogP contribution in [0.3, 0.4) is 0 Å². The molecular formula is C21H26N2O. The average molecular weight is 322 g/mol. The molecule has 2 bridgehead atoms. The summed E-state index contributed by atoms with van der Waals surface area (Å²) in [7, 11) is 0. The molecule has 3 nitrogen and oxygen atoms in total. The molecule has 0 aliphatic heterocycles. The van der Waals surface area contributed by atoms with Crippen LogP contribution in [0.4, 0.5) is 0 Å². The summed E-state index contributed by atoms with van der Waals surface area (Å²) >= 11 is 0. The molecule has 0 saturated carbocycles. The van der Waals surface area contributed by atoms with Crippen molar-refractivity contribution >= 4 is 5.78 Å². The fourth-order valence-electron chi connectivity index (χ4n) is 3.44. The van der Waals surface area contributed by atoms with Crippen LogP contribution in [0.5, 0.6) is 0 Å². The van der Waals surface area contributed by atoms with Gasteiger partial charge in [-0.2, -0.15) is 10.2 Å². The highest BCUT2D eigenvalue weighted by Gasteiger charge is 2.09. The number of Topliss-reactive ketones (excluding diaryl/α,β-unsaturated/α-hetero) is 1. The lowest BCUT2D eigenvalue weighted by atomic mass is 9.97. The van der Waals surface area contributed by atoms with Crippen molar-refractivity contribution in [3.8, 4) is 11.3 Å².